The van der Waals surface area contributed by atoms with Crippen molar-refractivity contribution < 1.29 is 9.59 Å². The van der Waals surface area contributed by atoms with Gasteiger partial charge >= 0.3 is 0 Å². The maximum Gasteiger partial charge on any atom is 0.262 e. The van der Waals surface area contributed by atoms with E-state index >= 15 is 0 Å². The van der Waals surface area contributed by atoms with Gasteiger partial charge in [0.25, 0.3) is 11.8 Å². The van der Waals surface area contributed by atoms with Crippen LogP contribution in [0.25, 0.3) is 10.9 Å². The Bertz CT molecular complexity index is 1740. The minimum atomic E-state index is -1.16. The molecule has 4 aromatic rings. The third-order valence-electron chi connectivity index (χ3n) is 9.01. The van der Waals surface area contributed by atoms with Gasteiger partial charge < -0.3 is 14.8 Å². The van der Waals surface area contributed by atoms with Crippen molar-refractivity contribution in [1.82, 2.24) is 14.8 Å². The third-order valence-corrected chi connectivity index (χ3v) is 12.0. The van der Waals surface area contributed by atoms with E-state index in [1.165, 1.54) is 23.5 Å². The Balaban J connectivity index is 1.51. The van der Waals surface area contributed by atoms with E-state index in [1.807, 2.05) is 48.2 Å². The number of H-pyrrole nitrogens is 1. The SMILES string of the molecule is CN1C(=O)C23CC4(c5c[nH]c6ccccc56)c5ccccc5N(c5ccccc5)[C@H]4N2C(=O)C1(C)SC(=S)S3. The molecule has 9 heteroatoms. The average Bonchev–Trinajstić information content (AvgIpc) is 3.55. The zero-order chi connectivity index (χ0) is 26.7. The fraction of sp³-hybridized carbons (Fsp3) is 0.233. The highest BCUT2D eigenvalue weighted by molar-refractivity contribution is 8.48. The van der Waals surface area contributed by atoms with E-state index in [0.717, 1.165) is 33.4 Å². The van der Waals surface area contributed by atoms with Crippen LogP contribution in [-0.2, 0) is 15.0 Å². The van der Waals surface area contributed by atoms with E-state index in [4.69, 9.17) is 12.2 Å². The molecular formula is C30H24N4O2S3. The molecule has 0 radical (unpaired) electrons. The van der Waals surface area contributed by atoms with Crippen molar-refractivity contribution in [2.45, 2.75) is 34.7 Å². The number of nitrogens with zero attached hydrogens (tertiary/aromatic N) is 3. The van der Waals surface area contributed by atoms with Gasteiger partial charge in [-0.05, 0) is 42.3 Å². The van der Waals surface area contributed by atoms with Crippen LogP contribution in [0.3, 0.4) is 0 Å². The molecule has 3 unspecified atom stereocenters. The van der Waals surface area contributed by atoms with E-state index in [-0.39, 0.29) is 11.8 Å². The fourth-order valence-electron chi connectivity index (χ4n) is 7.26. The number of aromatic amines is 1. The van der Waals surface area contributed by atoms with Crippen molar-refractivity contribution >= 4 is 73.4 Å². The number of thioether (sulfide) groups is 2. The number of carbonyl (C=O) groups excluding carboxylic acids is 2. The van der Waals surface area contributed by atoms with Crippen LogP contribution >= 0.6 is 35.7 Å². The molecule has 2 amide bonds. The lowest BCUT2D eigenvalue weighted by Gasteiger charge is -2.51. The number of amides is 2. The number of nitrogens with one attached hydrogen (secondary N) is 1. The van der Waals surface area contributed by atoms with Crippen LogP contribution < -0.4 is 4.90 Å². The number of fused-ring (bicyclic) bond motifs is 7. The smallest absolute Gasteiger partial charge is 0.262 e. The molecule has 39 heavy (non-hydrogen) atoms. The Hall–Kier alpha value is -3.27. The summed E-state index contributed by atoms with van der Waals surface area (Å²) in [7, 11) is 1.75. The topological polar surface area (TPSA) is 59.7 Å². The van der Waals surface area contributed by atoms with Crippen molar-refractivity contribution in [3.63, 3.8) is 0 Å². The Morgan fingerprint density at radius 3 is 2.44 bits per heavy atom. The third kappa shape index (κ3) is 2.68. The lowest BCUT2D eigenvalue weighted by Crippen LogP contribution is -2.72. The second-order valence-corrected chi connectivity index (χ2v) is 14.6. The summed E-state index contributed by atoms with van der Waals surface area (Å²) >= 11 is 8.53. The maximum atomic E-state index is 14.8. The lowest BCUT2D eigenvalue weighted by atomic mass is 9.72. The number of hydrogen-bond acceptors (Lipinski definition) is 6. The summed E-state index contributed by atoms with van der Waals surface area (Å²) in [6, 6.07) is 26.9. The first-order valence-electron chi connectivity index (χ1n) is 12.9. The van der Waals surface area contributed by atoms with Crippen molar-refractivity contribution in [3.8, 4) is 0 Å². The predicted octanol–water partition coefficient (Wildman–Crippen LogP) is 5.81. The summed E-state index contributed by atoms with van der Waals surface area (Å²) < 4.78 is 0.625. The molecule has 9 rings (SSSR count). The summed E-state index contributed by atoms with van der Waals surface area (Å²) in [4.78, 5) is 36.3. The van der Waals surface area contributed by atoms with Crippen molar-refractivity contribution in [3.05, 3.63) is 96.2 Å². The molecule has 1 spiro atoms. The normalized spacial score (nSPS) is 31.1. The van der Waals surface area contributed by atoms with Crippen LogP contribution in [-0.4, -0.2) is 53.1 Å². The highest BCUT2D eigenvalue weighted by Crippen LogP contribution is 2.69. The number of aromatic nitrogens is 1. The molecule has 6 heterocycles. The molecule has 2 bridgehead atoms. The van der Waals surface area contributed by atoms with Crippen molar-refractivity contribution in [2.75, 3.05) is 11.9 Å². The zero-order valence-corrected chi connectivity index (χ0v) is 23.7. The van der Waals surface area contributed by atoms with Crippen molar-refractivity contribution in [2.24, 2.45) is 0 Å². The molecular weight excluding hydrogens is 545 g/mol. The van der Waals surface area contributed by atoms with Crippen LogP contribution in [0.4, 0.5) is 11.4 Å². The van der Waals surface area contributed by atoms with Crippen LogP contribution in [0.2, 0.25) is 0 Å². The van der Waals surface area contributed by atoms with E-state index in [0.29, 0.717) is 9.95 Å². The highest BCUT2D eigenvalue weighted by atomic mass is 32.2. The van der Waals surface area contributed by atoms with Gasteiger partial charge in [-0.15, -0.1) is 0 Å². The molecule has 194 valence electrons. The highest BCUT2D eigenvalue weighted by Gasteiger charge is 2.77. The first-order chi connectivity index (χ1) is 18.8. The number of rotatable bonds is 2. The van der Waals surface area contributed by atoms with Crippen LogP contribution in [0.5, 0.6) is 0 Å². The predicted molar refractivity (Wildman–Crippen MR) is 161 cm³/mol. The molecule has 5 aliphatic heterocycles. The number of likely N-dealkylation sites (N-methyl/N-ethyl adjacent to an activating group) is 1. The minimum Gasteiger partial charge on any atom is -0.361 e. The summed E-state index contributed by atoms with van der Waals surface area (Å²) in [5, 5.41) is 1.09. The van der Waals surface area contributed by atoms with Crippen LogP contribution in [0, 0.1) is 0 Å². The molecule has 4 atom stereocenters. The number of para-hydroxylation sites is 3. The Morgan fingerprint density at radius 1 is 0.897 bits per heavy atom. The maximum absolute atomic E-state index is 14.8. The number of thiocarbonyl (C=S) groups is 1. The summed E-state index contributed by atoms with van der Waals surface area (Å²) in [6.07, 6.45) is 2.04. The van der Waals surface area contributed by atoms with E-state index in [2.05, 4.69) is 58.5 Å². The van der Waals surface area contributed by atoms with Crippen molar-refractivity contribution in [1.29, 1.82) is 0 Å². The number of hydrogen-bond donors (Lipinski definition) is 1. The number of carbonyl (C=O) groups is 2. The van der Waals surface area contributed by atoms with Gasteiger partial charge in [-0.1, -0.05) is 90.3 Å². The van der Waals surface area contributed by atoms with Gasteiger partial charge in [-0.3, -0.25) is 14.5 Å². The monoisotopic (exact) mass is 568 g/mol. The first kappa shape index (κ1) is 23.6. The van der Waals surface area contributed by atoms with Gasteiger partial charge in [0.15, 0.2) is 9.74 Å². The van der Waals surface area contributed by atoms with Crippen LogP contribution in [0.15, 0.2) is 85.1 Å². The average molecular weight is 569 g/mol. The summed E-state index contributed by atoms with van der Waals surface area (Å²) in [5.41, 5.74) is 4.57. The van der Waals surface area contributed by atoms with Gasteiger partial charge in [0.05, 0.1) is 5.41 Å². The van der Waals surface area contributed by atoms with E-state index < -0.39 is 21.3 Å². The van der Waals surface area contributed by atoms with E-state index in [9.17, 15) is 9.59 Å². The van der Waals surface area contributed by atoms with Gasteiger partial charge in [0.1, 0.15) is 9.69 Å². The Kier molecular flexibility index (Phi) is 4.65. The molecule has 4 saturated heterocycles. The molecule has 6 nitrogen and oxygen atoms in total. The molecule has 0 aliphatic carbocycles. The standard InChI is InChI=1S/C30H24N4O2S3/c1-28-25(35)34-24-29(21-16-31-22-14-8-6-12-19(21)22,17-30(34,26(36)32(28)2)39-27(37)38-28)20-13-7-9-15-23(20)33(24)18-10-4-3-5-11-18/h3-16,24,31H,17H2,1-2H3/t24-,28?,29?,30?/m0/s1. The molecule has 0 saturated carbocycles. The van der Waals surface area contributed by atoms with Crippen LogP contribution in [0.1, 0.15) is 24.5 Å². The molecule has 1 aromatic heterocycles. The van der Waals surface area contributed by atoms with Gasteiger partial charge in [0.2, 0.25) is 0 Å². The van der Waals surface area contributed by atoms with Gasteiger partial charge in [-0.25, -0.2) is 0 Å². The largest absolute Gasteiger partial charge is 0.361 e. The molecule has 5 aliphatic rings. The number of benzene rings is 3. The number of piperazine rings is 1. The van der Waals surface area contributed by atoms with E-state index in [1.54, 1.807) is 11.9 Å². The fourth-order valence-corrected chi connectivity index (χ4v) is 11.0. The second kappa shape index (κ2) is 7.68. The van der Waals surface area contributed by atoms with Gasteiger partial charge in [0, 0.05) is 41.9 Å². The summed E-state index contributed by atoms with van der Waals surface area (Å²) in [5.74, 6) is -0.150. The minimum absolute atomic E-state index is 0.0685. The molecule has 4 fully saturated rings. The molecule has 1 N–H and O–H groups in total. The lowest BCUT2D eigenvalue weighted by molar-refractivity contribution is -0.163. The number of anilines is 2. The van der Waals surface area contributed by atoms with Gasteiger partial charge in [-0.2, -0.15) is 0 Å². The molecule has 3 aromatic carbocycles. The quantitative estimate of drug-likeness (QED) is 0.308. The zero-order valence-electron chi connectivity index (χ0n) is 21.3. The summed E-state index contributed by atoms with van der Waals surface area (Å²) in [6.45, 7) is 1.83. The second-order valence-electron chi connectivity index (χ2n) is 10.8. The Labute approximate surface area is 239 Å². The first-order valence-corrected chi connectivity index (χ1v) is 14.9. The Morgan fingerprint density at radius 2 is 1.62 bits per heavy atom.